The maximum absolute atomic E-state index is 11.2. The van der Waals surface area contributed by atoms with Crippen molar-refractivity contribution in [1.29, 1.82) is 0 Å². The smallest absolute Gasteiger partial charge is 0.221 e. The van der Waals surface area contributed by atoms with Gasteiger partial charge in [-0.1, -0.05) is 6.07 Å². The Kier molecular flexibility index (Phi) is 6.15. The molecule has 1 amide bonds. The summed E-state index contributed by atoms with van der Waals surface area (Å²) in [6.07, 6.45) is 0.498. The average molecular weight is 314 g/mol. The second-order valence-electron chi connectivity index (χ2n) is 4.16. The molecule has 0 aliphatic heterocycles. The zero-order valence-corrected chi connectivity index (χ0v) is 12.7. The van der Waals surface area contributed by atoms with Crippen LogP contribution >= 0.6 is 15.9 Å². The fraction of sp³-hybridized carbons (Fsp3) is 0.462. The van der Waals surface area contributed by atoms with E-state index in [4.69, 9.17) is 0 Å². The molecule has 0 bridgehead atoms. The van der Waals surface area contributed by atoms with Gasteiger partial charge in [-0.2, -0.15) is 0 Å². The highest BCUT2D eigenvalue weighted by Gasteiger charge is 2.08. The van der Waals surface area contributed by atoms with Crippen molar-refractivity contribution in [1.82, 2.24) is 10.6 Å². The van der Waals surface area contributed by atoms with E-state index < -0.39 is 0 Å². The topological polar surface area (TPSA) is 44.4 Å². The maximum atomic E-state index is 11.2. The van der Waals surface area contributed by atoms with E-state index in [1.807, 2.05) is 14.1 Å². The fourth-order valence-electron chi connectivity index (χ4n) is 1.69. The number of rotatable bonds is 6. The van der Waals surface area contributed by atoms with E-state index in [9.17, 15) is 4.79 Å². The van der Waals surface area contributed by atoms with Crippen LogP contribution in [0.25, 0.3) is 0 Å². The molecule has 0 fully saturated rings. The Morgan fingerprint density at radius 3 is 2.67 bits per heavy atom. The van der Waals surface area contributed by atoms with Gasteiger partial charge in [-0.3, -0.25) is 4.79 Å². The normalized spacial score (nSPS) is 10.2. The molecule has 1 aromatic rings. The first-order valence-corrected chi connectivity index (χ1v) is 6.72. The quantitative estimate of drug-likeness (QED) is 0.841. The van der Waals surface area contributed by atoms with Crippen molar-refractivity contribution in [2.24, 2.45) is 0 Å². The second kappa shape index (κ2) is 7.38. The van der Waals surface area contributed by atoms with E-state index >= 15 is 0 Å². The number of nitrogens with one attached hydrogen (secondary N) is 2. The van der Waals surface area contributed by atoms with Gasteiger partial charge in [0.2, 0.25) is 5.91 Å². The van der Waals surface area contributed by atoms with Crippen molar-refractivity contribution in [3.05, 3.63) is 28.2 Å². The van der Waals surface area contributed by atoms with Gasteiger partial charge in [-0.05, 0) is 40.7 Å². The molecule has 0 unspecified atom stereocenters. The minimum absolute atomic E-state index is 0.0600. The van der Waals surface area contributed by atoms with Gasteiger partial charge < -0.3 is 15.5 Å². The summed E-state index contributed by atoms with van der Waals surface area (Å²) in [4.78, 5) is 13.3. The highest BCUT2D eigenvalue weighted by molar-refractivity contribution is 9.10. The number of carbonyl (C=O) groups is 1. The van der Waals surface area contributed by atoms with Gasteiger partial charge in [0, 0.05) is 38.1 Å². The van der Waals surface area contributed by atoms with Gasteiger partial charge >= 0.3 is 0 Å². The molecule has 0 saturated heterocycles. The molecule has 2 N–H and O–H groups in total. The number of halogens is 1. The van der Waals surface area contributed by atoms with Crippen molar-refractivity contribution in [2.75, 3.05) is 32.6 Å². The molecule has 0 aliphatic carbocycles. The zero-order chi connectivity index (χ0) is 13.5. The standard InChI is InChI=1S/C13H20BrN3O/c1-15-9-10-4-5-12(11(14)8-10)17(3)7-6-13(18)16-2/h4-5,8,15H,6-7,9H2,1-3H3,(H,16,18). The molecule has 18 heavy (non-hydrogen) atoms. The highest BCUT2D eigenvalue weighted by Crippen LogP contribution is 2.26. The number of carbonyl (C=O) groups excluding carboxylic acids is 1. The minimum atomic E-state index is 0.0600. The van der Waals surface area contributed by atoms with Gasteiger partial charge in [0.25, 0.3) is 0 Å². The summed E-state index contributed by atoms with van der Waals surface area (Å²) in [5, 5.41) is 5.75. The zero-order valence-electron chi connectivity index (χ0n) is 11.1. The van der Waals surface area contributed by atoms with Gasteiger partial charge in [-0.15, -0.1) is 0 Å². The molecule has 4 nitrogen and oxygen atoms in total. The monoisotopic (exact) mass is 313 g/mol. The molecule has 0 heterocycles. The van der Waals surface area contributed by atoms with Gasteiger partial charge in [0.15, 0.2) is 0 Å². The van der Waals surface area contributed by atoms with E-state index in [-0.39, 0.29) is 5.91 Å². The van der Waals surface area contributed by atoms with E-state index in [1.54, 1.807) is 7.05 Å². The first-order chi connectivity index (χ1) is 8.58. The molecule has 0 spiro atoms. The van der Waals surface area contributed by atoms with Crippen LogP contribution in [0, 0.1) is 0 Å². The maximum Gasteiger partial charge on any atom is 0.221 e. The van der Waals surface area contributed by atoms with Crippen LogP contribution in [0.5, 0.6) is 0 Å². The summed E-state index contributed by atoms with van der Waals surface area (Å²) in [5.74, 6) is 0.0600. The van der Waals surface area contributed by atoms with Crippen molar-refractivity contribution < 1.29 is 4.79 Å². The average Bonchev–Trinajstić information content (AvgIpc) is 2.36. The van der Waals surface area contributed by atoms with Crippen LogP contribution in [0.1, 0.15) is 12.0 Å². The van der Waals surface area contributed by atoms with Crippen molar-refractivity contribution in [3.63, 3.8) is 0 Å². The fourth-order valence-corrected chi connectivity index (χ4v) is 2.42. The Hall–Kier alpha value is -1.07. The third-order valence-corrected chi connectivity index (χ3v) is 3.39. The van der Waals surface area contributed by atoms with Crippen molar-refractivity contribution in [3.8, 4) is 0 Å². The molecule has 1 aromatic carbocycles. The summed E-state index contributed by atoms with van der Waals surface area (Å²) in [7, 11) is 5.57. The largest absolute Gasteiger partial charge is 0.373 e. The van der Waals surface area contributed by atoms with Crippen LogP contribution in [-0.2, 0) is 11.3 Å². The number of hydrogen-bond donors (Lipinski definition) is 2. The van der Waals surface area contributed by atoms with Crippen LogP contribution in [0.4, 0.5) is 5.69 Å². The number of nitrogens with zero attached hydrogens (tertiary/aromatic N) is 1. The van der Waals surface area contributed by atoms with E-state index in [0.29, 0.717) is 13.0 Å². The number of benzene rings is 1. The van der Waals surface area contributed by atoms with Crippen molar-refractivity contribution >= 4 is 27.5 Å². The Morgan fingerprint density at radius 1 is 1.39 bits per heavy atom. The lowest BCUT2D eigenvalue weighted by atomic mass is 10.2. The summed E-state index contributed by atoms with van der Waals surface area (Å²) < 4.78 is 1.05. The van der Waals surface area contributed by atoms with Crippen molar-refractivity contribution in [2.45, 2.75) is 13.0 Å². The first kappa shape index (κ1) is 15.0. The molecule has 0 radical (unpaired) electrons. The van der Waals surface area contributed by atoms with Gasteiger partial charge in [0.1, 0.15) is 0 Å². The molecular weight excluding hydrogens is 294 g/mol. The number of anilines is 1. The summed E-state index contributed by atoms with van der Waals surface area (Å²) >= 11 is 3.57. The van der Waals surface area contributed by atoms with Crippen LogP contribution in [0.2, 0.25) is 0 Å². The molecule has 100 valence electrons. The summed E-state index contributed by atoms with van der Waals surface area (Å²) in [6, 6.07) is 6.26. The first-order valence-electron chi connectivity index (χ1n) is 5.93. The minimum Gasteiger partial charge on any atom is -0.373 e. The SMILES string of the molecule is CNCc1ccc(N(C)CCC(=O)NC)c(Br)c1. The Labute approximate surface area is 117 Å². The number of hydrogen-bond acceptors (Lipinski definition) is 3. The Bertz CT molecular complexity index is 409. The molecule has 1 rings (SSSR count). The van der Waals surface area contributed by atoms with Crippen LogP contribution < -0.4 is 15.5 Å². The molecule has 0 saturated carbocycles. The lowest BCUT2D eigenvalue weighted by Crippen LogP contribution is -2.26. The predicted octanol–water partition coefficient (Wildman–Crippen LogP) is 1.74. The number of amides is 1. The van der Waals surface area contributed by atoms with Gasteiger partial charge in [0.05, 0.1) is 5.69 Å². The molecule has 0 aromatic heterocycles. The molecule has 0 aliphatic rings. The van der Waals surface area contributed by atoms with Crippen LogP contribution in [0.3, 0.4) is 0 Å². The van der Waals surface area contributed by atoms with E-state index in [1.165, 1.54) is 5.56 Å². The predicted molar refractivity (Wildman–Crippen MR) is 78.9 cm³/mol. The van der Waals surface area contributed by atoms with Gasteiger partial charge in [-0.25, -0.2) is 0 Å². The van der Waals surface area contributed by atoms with Crippen LogP contribution in [0.15, 0.2) is 22.7 Å². The molecular formula is C13H20BrN3O. The molecule has 0 atom stereocenters. The lowest BCUT2D eigenvalue weighted by Gasteiger charge is -2.21. The lowest BCUT2D eigenvalue weighted by molar-refractivity contribution is -0.120. The van der Waals surface area contributed by atoms with E-state index in [2.05, 4.69) is 49.7 Å². The van der Waals surface area contributed by atoms with Crippen LogP contribution in [-0.4, -0.2) is 33.6 Å². The third-order valence-electron chi connectivity index (χ3n) is 2.76. The Morgan fingerprint density at radius 2 is 2.11 bits per heavy atom. The second-order valence-corrected chi connectivity index (χ2v) is 5.02. The summed E-state index contributed by atoms with van der Waals surface area (Å²) in [6.45, 7) is 1.55. The third kappa shape index (κ3) is 4.31. The summed E-state index contributed by atoms with van der Waals surface area (Å²) in [5.41, 5.74) is 2.33. The highest BCUT2D eigenvalue weighted by atomic mass is 79.9. The Balaban J connectivity index is 2.68. The molecule has 5 heteroatoms. The van der Waals surface area contributed by atoms with E-state index in [0.717, 1.165) is 16.7 Å².